The molecule has 2 aromatic rings. The first kappa shape index (κ1) is 18.9. The van der Waals surface area contributed by atoms with Crippen LogP contribution in [0, 0.1) is 6.92 Å². The van der Waals surface area contributed by atoms with Gasteiger partial charge in [0.15, 0.2) is 6.61 Å². The number of hydrogen-bond acceptors (Lipinski definition) is 4. The third-order valence-corrected chi connectivity index (χ3v) is 4.28. The number of benzene rings is 2. The molecule has 1 atom stereocenters. The van der Waals surface area contributed by atoms with E-state index >= 15 is 0 Å². The van der Waals surface area contributed by atoms with Crippen molar-refractivity contribution in [1.82, 2.24) is 5.32 Å². The van der Waals surface area contributed by atoms with E-state index in [-0.39, 0.29) is 24.5 Å². The van der Waals surface area contributed by atoms with Gasteiger partial charge in [-0.25, -0.2) is 0 Å². The van der Waals surface area contributed by atoms with Gasteiger partial charge in [-0.05, 0) is 55.7 Å². The van der Waals surface area contributed by atoms with Crippen molar-refractivity contribution < 1.29 is 19.1 Å². The van der Waals surface area contributed by atoms with Crippen molar-refractivity contribution >= 4 is 17.5 Å². The van der Waals surface area contributed by atoms with Crippen LogP contribution in [0.1, 0.15) is 28.8 Å². The molecule has 6 heteroatoms. The Morgan fingerprint density at radius 1 is 1.19 bits per heavy atom. The van der Waals surface area contributed by atoms with E-state index in [0.717, 1.165) is 25.0 Å². The molecular weight excluding hydrogens is 344 g/mol. The third kappa shape index (κ3) is 5.82. The number of aryl methyl sites for hydroxylation is 1. The van der Waals surface area contributed by atoms with Crippen LogP contribution in [0.4, 0.5) is 5.69 Å². The Labute approximate surface area is 158 Å². The smallest absolute Gasteiger partial charge is 0.262 e. The lowest BCUT2D eigenvalue weighted by molar-refractivity contribution is -0.118. The van der Waals surface area contributed by atoms with Crippen LogP contribution >= 0.6 is 0 Å². The molecule has 0 aliphatic carbocycles. The highest BCUT2D eigenvalue weighted by atomic mass is 16.5. The molecule has 1 fully saturated rings. The summed E-state index contributed by atoms with van der Waals surface area (Å²) in [6, 6.07) is 14.3. The molecule has 142 valence electrons. The number of amides is 2. The predicted octanol–water partition coefficient (Wildman–Crippen LogP) is 2.92. The first-order valence-corrected chi connectivity index (χ1v) is 9.09. The van der Waals surface area contributed by atoms with Crippen molar-refractivity contribution in [2.45, 2.75) is 25.9 Å². The van der Waals surface area contributed by atoms with Crippen molar-refractivity contribution in [2.24, 2.45) is 0 Å². The lowest BCUT2D eigenvalue weighted by Gasteiger charge is -2.12. The molecule has 0 aromatic heterocycles. The first-order chi connectivity index (χ1) is 13.1. The van der Waals surface area contributed by atoms with Gasteiger partial charge in [-0.2, -0.15) is 0 Å². The summed E-state index contributed by atoms with van der Waals surface area (Å²) in [5.74, 6) is 0.179. The SMILES string of the molecule is Cc1cccc(OCC(=O)Nc2cccc(C(=O)NCC3CCCO3)c2)c1. The molecule has 2 aromatic carbocycles. The quantitative estimate of drug-likeness (QED) is 0.788. The molecule has 2 N–H and O–H groups in total. The minimum Gasteiger partial charge on any atom is -0.484 e. The van der Waals surface area contributed by atoms with Crippen LogP contribution in [0.3, 0.4) is 0 Å². The van der Waals surface area contributed by atoms with Crippen LogP contribution in [0.5, 0.6) is 5.75 Å². The fourth-order valence-corrected chi connectivity index (χ4v) is 2.90. The van der Waals surface area contributed by atoms with E-state index in [1.54, 1.807) is 30.3 Å². The Morgan fingerprint density at radius 3 is 2.81 bits per heavy atom. The number of hydrogen-bond donors (Lipinski definition) is 2. The second kappa shape index (κ2) is 9.19. The van der Waals surface area contributed by atoms with E-state index in [9.17, 15) is 9.59 Å². The van der Waals surface area contributed by atoms with Gasteiger partial charge in [-0.1, -0.05) is 18.2 Å². The van der Waals surface area contributed by atoms with Gasteiger partial charge in [0.1, 0.15) is 5.75 Å². The zero-order valence-corrected chi connectivity index (χ0v) is 15.4. The monoisotopic (exact) mass is 368 g/mol. The summed E-state index contributed by atoms with van der Waals surface area (Å²) in [7, 11) is 0. The van der Waals surface area contributed by atoms with E-state index in [0.29, 0.717) is 23.5 Å². The van der Waals surface area contributed by atoms with Gasteiger partial charge < -0.3 is 20.1 Å². The topological polar surface area (TPSA) is 76.7 Å². The summed E-state index contributed by atoms with van der Waals surface area (Å²) in [6.07, 6.45) is 2.10. The van der Waals surface area contributed by atoms with Gasteiger partial charge in [0, 0.05) is 24.4 Å². The molecule has 1 aliphatic heterocycles. The van der Waals surface area contributed by atoms with Crippen molar-refractivity contribution in [3.05, 3.63) is 59.7 Å². The molecule has 1 heterocycles. The van der Waals surface area contributed by atoms with E-state index in [1.807, 2.05) is 25.1 Å². The molecule has 0 saturated carbocycles. The molecule has 3 rings (SSSR count). The van der Waals surface area contributed by atoms with Gasteiger partial charge in [-0.15, -0.1) is 0 Å². The number of ether oxygens (including phenoxy) is 2. The molecule has 1 unspecified atom stereocenters. The van der Waals surface area contributed by atoms with Crippen LogP contribution in [0.2, 0.25) is 0 Å². The second-order valence-corrected chi connectivity index (χ2v) is 6.58. The highest BCUT2D eigenvalue weighted by molar-refractivity contribution is 5.97. The first-order valence-electron chi connectivity index (χ1n) is 9.09. The maximum Gasteiger partial charge on any atom is 0.262 e. The zero-order valence-electron chi connectivity index (χ0n) is 15.4. The molecule has 0 bridgehead atoms. The largest absolute Gasteiger partial charge is 0.484 e. The standard InChI is InChI=1S/C21H24N2O4/c1-15-5-2-8-18(11-15)27-14-20(24)23-17-7-3-6-16(12-17)21(25)22-13-19-9-4-10-26-19/h2-3,5-8,11-12,19H,4,9-10,13-14H2,1H3,(H,22,25)(H,23,24). The van der Waals surface area contributed by atoms with Crippen molar-refractivity contribution in [1.29, 1.82) is 0 Å². The molecule has 1 aliphatic rings. The van der Waals surface area contributed by atoms with Crippen LogP contribution in [-0.2, 0) is 9.53 Å². The number of carbonyl (C=O) groups excluding carboxylic acids is 2. The summed E-state index contributed by atoms with van der Waals surface area (Å²) < 4.78 is 11.0. The number of nitrogens with one attached hydrogen (secondary N) is 2. The van der Waals surface area contributed by atoms with Crippen LogP contribution in [-0.4, -0.2) is 37.7 Å². The summed E-state index contributed by atoms with van der Waals surface area (Å²) >= 11 is 0. The van der Waals surface area contributed by atoms with E-state index in [2.05, 4.69) is 10.6 Å². The highest BCUT2D eigenvalue weighted by Crippen LogP contribution is 2.14. The van der Waals surface area contributed by atoms with Gasteiger partial charge in [-0.3, -0.25) is 9.59 Å². The summed E-state index contributed by atoms with van der Waals surface area (Å²) in [5.41, 5.74) is 2.11. The summed E-state index contributed by atoms with van der Waals surface area (Å²) in [5, 5.41) is 5.62. The fourth-order valence-electron chi connectivity index (χ4n) is 2.90. The number of carbonyl (C=O) groups is 2. The molecule has 6 nitrogen and oxygen atoms in total. The predicted molar refractivity (Wildman–Crippen MR) is 103 cm³/mol. The maximum atomic E-state index is 12.3. The Balaban J connectivity index is 1.50. The van der Waals surface area contributed by atoms with E-state index < -0.39 is 0 Å². The maximum absolute atomic E-state index is 12.3. The Morgan fingerprint density at radius 2 is 2.04 bits per heavy atom. The third-order valence-electron chi connectivity index (χ3n) is 4.28. The molecule has 2 amide bonds. The molecule has 0 spiro atoms. The summed E-state index contributed by atoms with van der Waals surface area (Å²) in [6.45, 7) is 3.12. The zero-order chi connectivity index (χ0) is 19.1. The highest BCUT2D eigenvalue weighted by Gasteiger charge is 2.17. The van der Waals surface area contributed by atoms with Gasteiger partial charge in [0.2, 0.25) is 0 Å². The molecule has 0 radical (unpaired) electrons. The Hall–Kier alpha value is -2.86. The number of anilines is 1. The summed E-state index contributed by atoms with van der Waals surface area (Å²) in [4.78, 5) is 24.4. The van der Waals surface area contributed by atoms with E-state index in [1.165, 1.54) is 0 Å². The van der Waals surface area contributed by atoms with Crippen molar-refractivity contribution in [3.8, 4) is 5.75 Å². The van der Waals surface area contributed by atoms with Crippen LogP contribution in [0.15, 0.2) is 48.5 Å². The minimum absolute atomic E-state index is 0.0932. The van der Waals surface area contributed by atoms with Gasteiger partial charge >= 0.3 is 0 Å². The molecular formula is C21H24N2O4. The van der Waals surface area contributed by atoms with Crippen molar-refractivity contribution in [2.75, 3.05) is 25.1 Å². The Bertz CT molecular complexity index is 800. The average Bonchev–Trinajstić information content (AvgIpc) is 3.18. The normalized spacial score (nSPS) is 16.0. The second-order valence-electron chi connectivity index (χ2n) is 6.58. The minimum atomic E-state index is -0.284. The average molecular weight is 368 g/mol. The van der Waals surface area contributed by atoms with Gasteiger partial charge in [0.05, 0.1) is 6.10 Å². The van der Waals surface area contributed by atoms with E-state index in [4.69, 9.17) is 9.47 Å². The van der Waals surface area contributed by atoms with Crippen LogP contribution < -0.4 is 15.4 Å². The lowest BCUT2D eigenvalue weighted by atomic mass is 10.1. The molecule has 27 heavy (non-hydrogen) atoms. The van der Waals surface area contributed by atoms with Crippen molar-refractivity contribution in [3.63, 3.8) is 0 Å². The lowest BCUT2D eigenvalue weighted by Crippen LogP contribution is -2.31. The molecule has 1 saturated heterocycles. The van der Waals surface area contributed by atoms with Gasteiger partial charge in [0.25, 0.3) is 11.8 Å². The fraction of sp³-hybridized carbons (Fsp3) is 0.333. The van der Waals surface area contributed by atoms with Crippen LogP contribution in [0.25, 0.3) is 0 Å². The Kier molecular flexibility index (Phi) is 6.44. The number of rotatable bonds is 7.